The van der Waals surface area contributed by atoms with E-state index in [0.29, 0.717) is 24.3 Å². The number of hydrogen-bond acceptors (Lipinski definition) is 3. The van der Waals surface area contributed by atoms with Gasteiger partial charge in [0, 0.05) is 23.6 Å². The summed E-state index contributed by atoms with van der Waals surface area (Å²) in [4.78, 5) is 25.7. The molecule has 0 saturated heterocycles. The van der Waals surface area contributed by atoms with Crippen molar-refractivity contribution in [3.8, 4) is 5.75 Å². The summed E-state index contributed by atoms with van der Waals surface area (Å²) in [5.41, 5.74) is 3.18. The van der Waals surface area contributed by atoms with Gasteiger partial charge in [-0.3, -0.25) is 4.79 Å². The van der Waals surface area contributed by atoms with Gasteiger partial charge in [0.25, 0.3) is 0 Å². The van der Waals surface area contributed by atoms with E-state index in [1.807, 2.05) is 19.1 Å². The van der Waals surface area contributed by atoms with Crippen LogP contribution >= 0.6 is 0 Å². The van der Waals surface area contributed by atoms with Crippen molar-refractivity contribution in [1.29, 1.82) is 0 Å². The SMILES string of the molecule is CCN1C(=O)Cc2cc(NC(=O)Nc3ccc(OC)cc3)ccc21. The van der Waals surface area contributed by atoms with Crippen molar-refractivity contribution in [1.82, 2.24) is 0 Å². The number of hydrogen-bond donors (Lipinski definition) is 2. The first-order valence-corrected chi connectivity index (χ1v) is 7.76. The van der Waals surface area contributed by atoms with Gasteiger partial charge in [0.05, 0.1) is 13.5 Å². The fourth-order valence-corrected chi connectivity index (χ4v) is 2.78. The van der Waals surface area contributed by atoms with E-state index in [-0.39, 0.29) is 11.9 Å². The molecule has 3 amide bonds. The molecule has 2 aromatic rings. The van der Waals surface area contributed by atoms with Gasteiger partial charge < -0.3 is 20.3 Å². The number of methoxy groups -OCH3 is 1. The molecule has 0 unspecified atom stereocenters. The molecule has 2 N–H and O–H groups in total. The molecule has 0 spiro atoms. The maximum atomic E-state index is 12.1. The number of anilines is 3. The quantitative estimate of drug-likeness (QED) is 0.906. The van der Waals surface area contributed by atoms with Crippen LogP contribution in [0.25, 0.3) is 0 Å². The van der Waals surface area contributed by atoms with Crippen LogP contribution in [0, 0.1) is 0 Å². The predicted molar refractivity (Wildman–Crippen MR) is 93.8 cm³/mol. The number of likely N-dealkylation sites (N-methyl/N-ethyl adjacent to an activating group) is 1. The molecule has 0 bridgehead atoms. The maximum Gasteiger partial charge on any atom is 0.323 e. The second-order valence-electron chi connectivity index (χ2n) is 5.47. The fraction of sp³-hybridized carbons (Fsp3) is 0.222. The fourth-order valence-electron chi connectivity index (χ4n) is 2.78. The van der Waals surface area contributed by atoms with E-state index in [0.717, 1.165) is 17.0 Å². The lowest BCUT2D eigenvalue weighted by molar-refractivity contribution is -0.117. The Morgan fingerprint density at radius 2 is 1.79 bits per heavy atom. The molecule has 0 aliphatic carbocycles. The Bertz CT molecular complexity index is 772. The zero-order valence-corrected chi connectivity index (χ0v) is 13.6. The van der Waals surface area contributed by atoms with Crippen LogP contribution in [0.4, 0.5) is 21.9 Å². The van der Waals surface area contributed by atoms with Crippen LogP contribution in [-0.4, -0.2) is 25.6 Å². The number of carbonyl (C=O) groups excluding carboxylic acids is 2. The Hall–Kier alpha value is -3.02. The monoisotopic (exact) mass is 325 g/mol. The van der Waals surface area contributed by atoms with Gasteiger partial charge in [-0.2, -0.15) is 0 Å². The smallest absolute Gasteiger partial charge is 0.323 e. The van der Waals surface area contributed by atoms with Crippen molar-refractivity contribution in [2.75, 3.05) is 29.2 Å². The molecule has 3 rings (SSSR count). The predicted octanol–water partition coefficient (Wildman–Crippen LogP) is 3.25. The van der Waals surface area contributed by atoms with Crippen molar-refractivity contribution >= 4 is 29.0 Å². The van der Waals surface area contributed by atoms with E-state index in [9.17, 15) is 9.59 Å². The average Bonchev–Trinajstić information content (AvgIpc) is 2.89. The summed E-state index contributed by atoms with van der Waals surface area (Å²) in [5.74, 6) is 0.817. The molecule has 2 aromatic carbocycles. The number of urea groups is 1. The summed E-state index contributed by atoms with van der Waals surface area (Å²) in [6, 6.07) is 12.2. The van der Waals surface area contributed by atoms with Gasteiger partial charge in [0.15, 0.2) is 0 Å². The van der Waals surface area contributed by atoms with E-state index in [1.165, 1.54) is 0 Å². The summed E-state index contributed by atoms with van der Waals surface area (Å²) in [5, 5.41) is 5.54. The van der Waals surface area contributed by atoms with Gasteiger partial charge in [0.1, 0.15) is 5.75 Å². The summed E-state index contributed by atoms with van der Waals surface area (Å²) in [6.07, 6.45) is 0.374. The summed E-state index contributed by atoms with van der Waals surface area (Å²) in [7, 11) is 1.59. The van der Waals surface area contributed by atoms with Crippen LogP contribution in [0.1, 0.15) is 12.5 Å². The number of ether oxygens (including phenoxy) is 1. The van der Waals surface area contributed by atoms with Gasteiger partial charge in [-0.15, -0.1) is 0 Å². The number of carbonyl (C=O) groups is 2. The van der Waals surface area contributed by atoms with Crippen LogP contribution in [0.15, 0.2) is 42.5 Å². The third kappa shape index (κ3) is 3.17. The molecular weight excluding hydrogens is 306 g/mol. The van der Waals surface area contributed by atoms with E-state index < -0.39 is 0 Å². The molecule has 1 aliphatic rings. The standard InChI is InChI=1S/C18H19N3O3/c1-3-21-16-9-6-14(10-12(16)11-17(21)22)20-18(23)19-13-4-7-15(24-2)8-5-13/h4-10H,3,11H2,1-2H3,(H2,19,20,23). The van der Waals surface area contributed by atoms with Crippen molar-refractivity contribution in [2.24, 2.45) is 0 Å². The molecule has 6 nitrogen and oxygen atoms in total. The number of rotatable bonds is 4. The first kappa shape index (κ1) is 15.9. The summed E-state index contributed by atoms with van der Waals surface area (Å²) >= 11 is 0. The Kier molecular flexibility index (Phi) is 4.37. The molecule has 124 valence electrons. The number of nitrogens with zero attached hydrogens (tertiary/aromatic N) is 1. The molecular formula is C18H19N3O3. The molecule has 6 heteroatoms. The van der Waals surface area contributed by atoms with Gasteiger partial charge in [0.2, 0.25) is 5.91 Å². The van der Waals surface area contributed by atoms with E-state index in [2.05, 4.69) is 10.6 Å². The summed E-state index contributed by atoms with van der Waals surface area (Å²) < 4.78 is 5.08. The number of amides is 3. The molecule has 24 heavy (non-hydrogen) atoms. The van der Waals surface area contributed by atoms with Crippen LogP contribution < -0.4 is 20.3 Å². The van der Waals surface area contributed by atoms with Crippen molar-refractivity contribution in [3.63, 3.8) is 0 Å². The highest BCUT2D eigenvalue weighted by atomic mass is 16.5. The lowest BCUT2D eigenvalue weighted by Gasteiger charge is -2.15. The van der Waals surface area contributed by atoms with Crippen molar-refractivity contribution in [3.05, 3.63) is 48.0 Å². The third-order valence-electron chi connectivity index (χ3n) is 3.94. The lowest BCUT2D eigenvalue weighted by Crippen LogP contribution is -2.25. The molecule has 0 atom stereocenters. The van der Waals surface area contributed by atoms with E-state index in [1.54, 1.807) is 42.3 Å². The largest absolute Gasteiger partial charge is 0.497 e. The second-order valence-corrected chi connectivity index (χ2v) is 5.47. The highest BCUT2D eigenvalue weighted by molar-refractivity contribution is 6.03. The number of benzene rings is 2. The van der Waals surface area contributed by atoms with Gasteiger partial charge in [-0.05, 0) is 55.0 Å². The molecule has 0 fully saturated rings. The van der Waals surface area contributed by atoms with Crippen LogP contribution in [0.2, 0.25) is 0 Å². The van der Waals surface area contributed by atoms with Gasteiger partial charge >= 0.3 is 6.03 Å². The summed E-state index contributed by atoms with van der Waals surface area (Å²) in [6.45, 7) is 2.60. The molecule has 1 heterocycles. The Balaban J connectivity index is 1.67. The maximum absolute atomic E-state index is 12.1. The highest BCUT2D eigenvalue weighted by Crippen LogP contribution is 2.31. The van der Waals surface area contributed by atoms with Gasteiger partial charge in [-0.1, -0.05) is 0 Å². The van der Waals surface area contributed by atoms with Crippen LogP contribution in [0.3, 0.4) is 0 Å². The van der Waals surface area contributed by atoms with E-state index in [4.69, 9.17) is 4.74 Å². The Morgan fingerprint density at radius 1 is 1.12 bits per heavy atom. The Labute approximate surface area is 140 Å². The first-order chi connectivity index (χ1) is 11.6. The average molecular weight is 325 g/mol. The highest BCUT2D eigenvalue weighted by Gasteiger charge is 2.25. The third-order valence-corrected chi connectivity index (χ3v) is 3.94. The molecule has 0 aromatic heterocycles. The minimum atomic E-state index is -0.336. The van der Waals surface area contributed by atoms with Crippen molar-refractivity contribution in [2.45, 2.75) is 13.3 Å². The zero-order chi connectivity index (χ0) is 17.1. The van der Waals surface area contributed by atoms with Gasteiger partial charge in [-0.25, -0.2) is 4.79 Å². The van der Waals surface area contributed by atoms with Crippen LogP contribution in [0.5, 0.6) is 5.75 Å². The lowest BCUT2D eigenvalue weighted by atomic mass is 10.1. The second kappa shape index (κ2) is 6.62. The minimum Gasteiger partial charge on any atom is -0.497 e. The van der Waals surface area contributed by atoms with E-state index >= 15 is 0 Å². The Morgan fingerprint density at radius 3 is 2.46 bits per heavy atom. The number of nitrogens with one attached hydrogen (secondary N) is 2. The van der Waals surface area contributed by atoms with Crippen molar-refractivity contribution < 1.29 is 14.3 Å². The normalized spacial score (nSPS) is 12.8. The molecule has 0 saturated carbocycles. The molecule has 0 radical (unpaired) electrons. The zero-order valence-electron chi connectivity index (χ0n) is 13.6. The number of fused-ring (bicyclic) bond motifs is 1. The van der Waals surface area contributed by atoms with Crippen LogP contribution in [-0.2, 0) is 11.2 Å². The minimum absolute atomic E-state index is 0.0901. The topological polar surface area (TPSA) is 70.7 Å². The first-order valence-electron chi connectivity index (χ1n) is 7.76. The molecule has 1 aliphatic heterocycles.